The van der Waals surface area contributed by atoms with Crippen LogP contribution in [0.5, 0.6) is 0 Å². The molecule has 2 aromatic carbocycles. The molecule has 0 unspecified atom stereocenters. The van der Waals surface area contributed by atoms with Crippen LogP contribution in [0.3, 0.4) is 0 Å². The van der Waals surface area contributed by atoms with E-state index in [2.05, 4.69) is 16.9 Å². The van der Waals surface area contributed by atoms with Gasteiger partial charge in [0, 0.05) is 28.2 Å². The minimum absolute atomic E-state index is 0.0135. The Bertz CT molecular complexity index is 1100. The molecule has 0 radical (unpaired) electrons. The molecule has 6 nitrogen and oxygen atoms in total. The predicted molar refractivity (Wildman–Crippen MR) is 133 cm³/mol. The van der Waals surface area contributed by atoms with Gasteiger partial charge in [-0.15, -0.1) is 11.8 Å². The van der Waals surface area contributed by atoms with E-state index in [0.29, 0.717) is 15.6 Å². The molecule has 1 N–H and O–H groups in total. The molecule has 1 aromatic heterocycles. The zero-order chi connectivity index (χ0) is 23.8. The van der Waals surface area contributed by atoms with E-state index in [1.807, 2.05) is 24.1 Å². The Labute approximate surface area is 203 Å². The predicted octanol–water partition coefficient (Wildman–Crippen LogP) is 6.50. The number of carboxylic acid groups (broad SMARTS) is 1. The largest absolute Gasteiger partial charge is 0.478 e. The number of unbranched alkanes of at least 4 members (excludes halogenated alkanes) is 3. The summed E-state index contributed by atoms with van der Waals surface area (Å²) in [5.41, 5.74) is 1.98. The number of hydrogen-bond donors (Lipinski definition) is 1. The minimum atomic E-state index is -1.05. The molecule has 0 bridgehead atoms. The highest BCUT2D eigenvalue weighted by Crippen LogP contribution is 2.27. The summed E-state index contributed by atoms with van der Waals surface area (Å²) in [4.78, 5) is 35.6. The number of benzene rings is 2. The molecule has 172 valence electrons. The van der Waals surface area contributed by atoms with E-state index < -0.39 is 11.8 Å². The lowest BCUT2D eigenvalue weighted by atomic mass is 10.1. The van der Waals surface area contributed by atoms with E-state index in [1.165, 1.54) is 24.2 Å². The Balaban J connectivity index is 1.73. The van der Waals surface area contributed by atoms with Crippen molar-refractivity contribution in [1.29, 1.82) is 0 Å². The fourth-order valence-corrected chi connectivity index (χ4v) is 4.39. The Morgan fingerprint density at radius 2 is 1.70 bits per heavy atom. The summed E-state index contributed by atoms with van der Waals surface area (Å²) in [5, 5.41) is 10.3. The van der Waals surface area contributed by atoms with Gasteiger partial charge in [-0.3, -0.25) is 4.79 Å². The average molecular weight is 484 g/mol. The van der Waals surface area contributed by atoms with Gasteiger partial charge in [-0.1, -0.05) is 37.8 Å². The van der Waals surface area contributed by atoms with Gasteiger partial charge < -0.3 is 10.0 Å². The number of aromatic carboxylic acids is 1. The van der Waals surface area contributed by atoms with Crippen LogP contribution in [0.15, 0.2) is 59.8 Å². The molecule has 0 saturated carbocycles. The summed E-state index contributed by atoms with van der Waals surface area (Å²) in [6.45, 7) is 2.15. The number of thioether (sulfide) groups is 1. The first-order valence-corrected chi connectivity index (χ1v) is 12.1. The quantitative estimate of drug-likeness (QED) is 0.189. The van der Waals surface area contributed by atoms with Gasteiger partial charge in [0.2, 0.25) is 11.6 Å². The zero-order valence-corrected chi connectivity index (χ0v) is 20.2. The first kappa shape index (κ1) is 24.7. The fraction of sp³-hybridized carbons (Fsp3) is 0.280. The molecule has 0 aliphatic heterocycles. The van der Waals surface area contributed by atoms with Crippen LogP contribution >= 0.6 is 23.4 Å². The number of anilines is 2. The summed E-state index contributed by atoms with van der Waals surface area (Å²) in [6.07, 6.45) is 7.61. The Morgan fingerprint density at radius 3 is 2.33 bits per heavy atom. The maximum Gasteiger partial charge on any atom is 0.336 e. The maximum atomic E-state index is 12.9. The lowest BCUT2D eigenvalue weighted by Crippen LogP contribution is -2.13. The minimum Gasteiger partial charge on any atom is -0.478 e. The maximum absolute atomic E-state index is 12.9. The number of carbonyl (C=O) groups excluding carboxylic acids is 1. The van der Waals surface area contributed by atoms with Gasteiger partial charge in [0.15, 0.2) is 0 Å². The number of carboxylic acids is 1. The molecule has 1 heterocycles. The molecular formula is C25H26ClN3O3S. The third-order valence-electron chi connectivity index (χ3n) is 5.17. The van der Waals surface area contributed by atoms with Crippen LogP contribution in [0.1, 0.15) is 59.1 Å². The van der Waals surface area contributed by atoms with Crippen molar-refractivity contribution in [3.05, 3.63) is 76.8 Å². The van der Waals surface area contributed by atoms with Crippen LogP contribution in [-0.2, 0) is 0 Å². The van der Waals surface area contributed by atoms with Crippen LogP contribution in [0, 0.1) is 0 Å². The molecular weight excluding hydrogens is 458 g/mol. The molecule has 8 heteroatoms. The zero-order valence-electron chi connectivity index (χ0n) is 18.6. The van der Waals surface area contributed by atoms with Gasteiger partial charge in [0.1, 0.15) is 0 Å². The molecule has 3 aromatic rings. The van der Waals surface area contributed by atoms with E-state index in [4.69, 9.17) is 11.6 Å². The number of halogens is 1. The average Bonchev–Trinajstić information content (AvgIpc) is 2.83. The summed E-state index contributed by atoms with van der Waals surface area (Å²) in [7, 11) is 1.86. The third-order valence-corrected chi connectivity index (χ3v) is 6.58. The molecule has 3 rings (SSSR count). The second-order valence-corrected chi connectivity index (χ2v) is 9.13. The SMILES string of the molecule is CCCCCCSc1ccc(C(=O)c2ncc(N(C)c3ccc(Cl)cc3)cn2)cc1C(=O)O. The molecule has 0 fully saturated rings. The molecule has 0 aliphatic carbocycles. The van der Waals surface area contributed by atoms with Gasteiger partial charge in [-0.25, -0.2) is 14.8 Å². The number of carbonyl (C=O) groups is 2. The highest BCUT2D eigenvalue weighted by atomic mass is 35.5. The Morgan fingerprint density at radius 1 is 1.00 bits per heavy atom. The van der Waals surface area contributed by atoms with Crippen LogP contribution in [0.2, 0.25) is 5.02 Å². The van der Waals surface area contributed by atoms with Gasteiger partial charge in [0.05, 0.1) is 23.6 Å². The lowest BCUT2D eigenvalue weighted by molar-refractivity contribution is 0.0693. The van der Waals surface area contributed by atoms with Gasteiger partial charge in [0.25, 0.3) is 0 Å². The van der Waals surface area contributed by atoms with Crippen LogP contribution in [-0.4, -0.2) is 39.6 Å². The third kappa shape index (κ3) is 6.55. The first-order chi connectivity index (χ1) is 15.9. The second-order valence-electron chi connectivity index (χ2n) is 7.55. The van der Waals surface area contributed by atoms with Crippen molar-refractivity contribution in [2.24, 2.45) is 0 Å². The van der Waals surface area contributed by atoms with E-state index >= 15 is 0 Å². The van der Waals surface area contributed by atoms with E-state index in [-0.39, 0.29) is 17.0 Å². The van der Waals surface area contributed by atoms with Gasteiger partial charge in [-0.05, 0) is 54.6 Å². The van der Waals surface area contributed by atoms with Gasteiger partial charge in [-0.2, -0.15) is 0 Å². The highest BCUT2D eigenvalue weighted by Gasteiger charge is 2.18. The van der Waals surface area contributed by atoms with Gasteiger partial charge >= 0.3 is 5.97 Å². The summed E-state index contributed by atoms with van der Waals surface area (Å²) < 4.78 is 0. The van der Waals surface area contributed by atoms with Crippen molar-refractivity contribution in [2.45, 2.75) is 37.5 Å². The lowest BCUT2D eigenvalue weighted by Gasteiger charge is -2.18. The monoisotopic (exact) mass is 483 g/mol. The van der Waals surface area contributed by atoms with Crippen LogP contribution in [0.4, 0.5) is 11.4 Å². The Hall–Kier alpha value is -2.90. The fourth-order valence-electron chi connectivity index (χ4n) is 3.23. The smallest absolute Gasteiger partial charge is 0.336 e. The molecule has 0 saturated heterocycles. The number of hydrogen-bond acceptors (Lipinski definition) is 6. The number of aromatic nitrogens is 2. The molecule has 33 heavy (non-hydrogen) atoms. The van der Waals surface area contributed by atoms with E-state index in [0.717, 1.165) is 30.7 Å². The topological polar surface area (TPSA) is 83.4 Å². The summed E-state index contributed by atoms with van der Waals surface area (Å²) in [5.74, 6) is -0.613. The molecule has 0 aliphatic rings. The van der Waals surface area contributed by atoms with E-state index in [9.17, 15) is 14.7 Å². The molecule has 0 spiro atoms. The van der Waals surface area contributed by atoms with Crippen molar-refractivity contribution < 1.29 is 14.7 Å². The van der Waals surface area contributed by atoms with Crippen LogP contribution < -0.4 is 4.90 Å². The summed E-state index contributed by atoms with van der Waals surface area (Å²) in [6, 6.07) is 12.1. The number of ketones is 1. The Kier molecular flexibility index (Phi) is 8.86. The molecule has 0 amide bonds. The standard InChI is InChI=1S/C25H26ClN3O3S/c1-3-4-5-6-13-33-22-12-7-17(14-21(22)25(31)32)23(30)24-27-15-20(16-28-24)29(2)19-10-8-18(26)9-11-19/h7-12,14-16H,3-6,13H2,1-2H3,(H,31,32). The molecule has 0 atom stereocenters. The second kappa shape index (κ2) is 11.8. The van der Waals surface area contributed by atoms with Crippen molar-refractivity contribution in [1.82, 2.24) is 9.97 Å². The highest BCUT2D eigenvalue weighted by molar-refractivity contribution is 7.99. The van der Waals surface area contributed by atoms with E-state index in [1.54, 1.807) is 36.7 Å². The summed E-state index contributed by atoms with van der Waals surface area (Å²) >= 11 is 7.45. The van der Waals surface area contributed by atoms with Crippen molar-refractivity contribution in [3.8, 4) is 0 Å². The van der Waals surface area contributed by atoms with Crippen molar-refractivity contribution >= 4 is 46.5 Å². The van der Waals surface area contributed by atoms with Crippen molar-refractivity contribution in [2.75, 3.05) is 17.7 Å². The first-order valence-electron chi connectivity index (χ1n) is 10.8. The number of rotatable bonds is 11. The normalized spacial score (nSPS) is 10.8. The van der Waals surface area contributed by atoms with Crippen LogP contribution in [0.25, 0.3) is 0 Å². The van der Waals surface area contributed by atoms with Crippen molar-refractivity contribution in [3.63, 3.8) is 0 Å². The number of nitrogens with zero attached hydrogens (tertiary/aromatic N) is 3.